The number of ether oxygens (including phenoxy) is 3. The Bertz CT molecular complexity index is 1690. The van der Waals surface area contributed by atoms with Crippen LogP contribution in [-0.2, 0) is 22.8 Å². The molecule has 0 saturated carbocycles. The number of urea groups is 1. The molecule has 0 spiro atoms. The van der Waals surface area contributed by atoms with Crippen molar-refractivity contribution in [1.82, 2.24) is 5.32 Å². The maximum atomic E-state index is 13.2. The van der Waals surface area contributed by atoms with Gasteiger partial charge in [0.25, 0.3) is 11.8 Å². The van der Waals surface area contributed by atoms with Crippen LogP contribution in [0, 0.1) is 6.92 Å². The number of imide groups is 2. The van der Waals surface area contributed by atoms with Gasteiger partial charge in [-0.25, -0.2) is 9.69 Å². The van der Waals surface area contributed by atoms with E-state index < -0.39 is 17.8 Å². The van der Waals surface area contributed by atoms with Gasteiger partial charge >= 0.3 is 6.03 Å². The first-order valence-corrected chi connectivity index (χ1v) is 14.0. The fourth-order valence-corrected chi connectivity index (χ4v) is 4.55. The quantitative estimate of drug-likeness (QED) is 0.159. The van der Waals surface area contributed by atoms with E-state index in [1.165, 1.54) is 12.1 Å². The number of anilines is 1. The van der Waals surface area contributed by atoms with E-state index in [2.05, 4.69) is 5.32 Å². The number of amides is 4. The lowest BCUT2D eigenvalue weighted by Crippen LogP contribution is -2.54. The molecule has 4 aromatic rings. The van der Waals surface area contributed by atoms with Crippen LogP contribution in [0.1, 0.15) is 29.2 Å². The van der Waals surface area contributed by atoms with Crippen molar-refractivity contribution in [1.29, 1.82) is 0 Å². The summed E-state index contributed by atoms with van der Waals surface area (Å²) in [6.07, 6.45) is 1.43. The SMILES string of the molecule is CCOc1cc(COc2ccc(/C=C3\C(=O)NC(=O)N(c4ccc(C)c(Cl)c4)C3=O)cc2)ccc1OCc1ccccc1. The lowest BCUT2D eigenvalue weighted by Gasteiger charge is -2.26. The third-order valence-electron chi connectivity index (χ3n) is 6.66. The average Bonchev–Trinajstić information content (AvgIpc) is 3.00. The number of hydrogen-bond donors (Lipinski definition) is 1. The number of rotatable bonds is 10. The van der Waals surface area contributed by atoms with Gasteiger partial charge < -0.3 is 14.2 Å². The van der Waals surface area contributed by atoms with Gasteiger partial charge in [0.1, 0.15) is 24.5 Å². The average molecular weight is 597 g/mol. The molecule has 1 aliphatic heterocycles. The molecule has 1 N–H and O–H groups in total. The van der Waals surface area contributed by atoms with Gasteiger partial charge in [0, 0.05) is 5.02 Å². The summed E-state index contributed by atoms with van der Waals surface area (Å²) in [5.74, 6) is 0.368. The molecule has 0 unspecified atom stereocenters. The summed E-state index contributed by atoms with van der Waals surface area (Å²) in [5.41, 5.74) is 3.43. The Hall–Kier alpha value is -5.08. The van der Waals surface area contributed by atoms with E-state index in [1.54, 1.807) is 36.4 Å². The van der Waals surface area contributed by atoms with Crippen molar-refractivity contribution in [3.63, 3.8) is 0 Å². The predicted molar refractivity (Wildman–Crippen MR) is 164 cm³/mol. The predicted octanol–water partition coefficient (Wildman–Crippen LogP) is 6.87. The van der Waals surface area contributed by atoms with Crippen molar-refractivity contribution in [2.24, 2.45) is 0 Å². The number of halogens is 1. The van der Waals surface area contributed by atoms with Crippen LogP contribution in [0.4, 0.5) is 10.5 Å². The van der Waals surface area contributed by atoms with Crippen molar-refractivity contribution in [3.05, 3.63) is 124 Å². The fraction of sp³-hybridized carbons (Fsp3) is 0.147. The van der Waals surface area contributed by atoms with Crippen LogP contribution in [0.15, 0.2) is 96.6 Å². The van der Waals surface area contributed by atoms with Crippen LogP contribution in [0.2, 0.25) is 5.02 Å². The zero-order valence-electron chi connectivity index (χ0n) is 23.6. The first-order chi connectivity index (χ1) is 20.8. The Labute approximate surface area is 254 Å². The molecule has 1 aliphatic rings. The second-order valence-electron chi connectivity index (χ2n) is 9.74. The fourth-order valence-electron chi connectivity index (χ4n) is 4.37. The van der Waals surface area contributed by atoms with Crippen molar-refractivity contribution in [2.45, 2.75) is 27.1 Å². The molecule has 4 aromatic carbocycles. The van der Waals surface area contributed by atoms with Crippen LogP contribution in [0.3, 0.4) is 0 Å². The van der Waals surface area contributed by atoms with E-state index in [0.29, 0.717) is 41.0 Å². The first kappa shape index (κ1) is 29.4. The molecule has 1 saturated heterocycles. The molecule has 0 radical (unpaired) electrons. The number of nitrogens with zero attached hydrogens (tertiary/aromatic N) is 1. The van der Waals surface area contributed by atoms with Crippen LogP contribution >= 0.6 is 11.6 Å². The lowest BCUT2D eigenvalue weighted by molar-refractivity contribution is -0.122. The van der Waals surface area contributed by atoms with Gasteiger partial charge in [0.15, 0.2) is 11.5 Å². The number of nitrogens with one attached hydrogen (secondary N) is 1. The van der Waals surface area contributed by atoms with Crippen molar-refractivity contribution in [3.8, 4) is 17.2 Å². The highest BCUT2D eigenvalue weighted by Crippen LogP contribution is 2.30. The van der Waals surface area contributed by atoms with Gasteiger partial charge in [-0.1, -0.05) is 66.2 Å². The molecule has 4 amide bonds. The Morgan fingerprint density at radius 1 is 0.791 bits per heavy atom. The number of carbonyl (C=O) groups is 3. The van der Waals surface area contributed by atoms with Gasteiger partial charge in [0.2, 0.25) is 0 Å². The van der Waals surface area contributed by atoms with Gasteiger partial charge in [-0.05, 0) is 78.6 Å². The Kier molecular flexibility index (Phi) is 9.08. The highest BCUT2D eigenvalue weighted by molar-refractivity contribution is 6.39. The number of benzene rings is 4. The molecule has 1 fully saturated rings. The summed E-state index contributed by atoms with van der Waals surface area (Å²) in [5, 5.41) is 2.62. The van der Waals surface area contributed by atoms with Crippen molar-refractivity contribution >= 4 is 41.2 Å². The number of carbonyl (C=O) groups excluding carboxylic acids is 3. The number of barbiturate groups is 1. The van der Waals surface area contributed by atoms with Crippen LogP contribution in [-0.4, -0.2) is 24.5 Å². The number of aryl methyl sites for hydroxylation is 1. The third-order valence-corrected chi connectivity index (χ3v) is 7.06. The summed E-state index contributed by atoms with van der Waals surface area (Å²) in [6.45, 7) is 4.94. The van der Waals surface area contributed by atoms with Crippen LogP contribution in [0.5, 0.6) is 17.2 Å². The largest absolute Gasteiger partial charge is 0.490 e. The molecule has 5 rings (SSSR count). The highest BCUT2D eigenvalue weighted by atomic mass is 35.5. The van der Waals surface area contributed by atoms with Gasteiger partial charge in [-0.3, -0.25) is 14.9 Å². The summed E-state index contributed by atoms with van der Waals surface area (Å²) in [4.78, 5) is 39.1. The van der Waals surface area contributed by atoms with Gasteiger partial charge in [0.05, 0.1) is 12.3 Å². The second kappa shape index (κ2) is 13.3. The maximum Gasteiger partial charge on any atom is 0.335 e. The molecule has 1 heterocycles. The smallest absolute Gasteiger partial charge is 0.335 e. The van der Waals surface area contributed by atoms with E-state index in [1.807, 2.05) is 62.4 Å². The summed E-state index contributed by atoms with van der Waals surface area (Å²) < 4.78 is 17.7. The topological polar surface area (TPSA) is 94.2 Å². The summed E-state index contributed by atoms with van der Waals surface area (Å²) in [7, 11) is 0. The normalized spacial score (nSPS) is 14.1. The molecule has 43 heavy (non-hydrogen) atoms. The molecule has 9 heteroatoms. The molecule has 0 aromatic heterocycles. The minimum absolute atomic E-state index is 0.178. The standard InChI is InChI=1S/C34H29ClN2O6/c1-3-41-31-18-25(12-16-30(31)43-20-24-7-5-4-6-8-24)21-42-27-14-10-23(11-15-27)17-28-32(38)36-34(40)37(33(28)39)26-13-9-22(2)29(35)19-26/h4-19H,3,20-21H2,1-2H3,(H,36,38,40)/b28-17+. The molecule has 0 bridgehead atoms. The monoisotopic (exact) mass is 596 g/mol. The number of hydrogen-bond acceptors (Lipinski definition) is 6. The molecule has 218 valence electrons. The van der Waals surface area contributed by atoms with E-state index in [4.69, 9.17) is 25.8 Å². The minimum atomic E-state index is -0.834. The first-order valence-electron chi connectivity index (χ1n) is 13.7. The zero-order chi connectivity index (χ0) is 30.3. The van der Waals surface area contributed by atoms with E-state index >= 15 is 0 Å². The van der Waals surface area contributed by atoms with E-state index in [0.717, 1.165) is 21.6 Å². The molecular weight excluding hydrogens is 568 g/mol. The second-order valence-corrected chi connectivity index (χ2v) is 10.1. The molecular formula is C34H29ClN2O6. The third kappa shape index (κ3) is 7.05. The maximum absolute atomic E-state index is 13.2. The summed E-state index contributed by atoms with van der Waals surface area (Å²) >= 11 is 6.19. The van der Waals surface area contributed by atoms with Crippen molar-refractivity contribution in [2.75, 3.05) is 11.5 Å². The molecule has 0 aliphatic carbocycles. The van der Waals surface area contributed by atoms with Crippen LogP contribution < -0.4 is 24.4 Å². The minimum Gasteiger partial charge on any atom is -0.490 e. The van der Waals surface area contributed by atoms with E-state index in [-0.39, 0.29) is 17.9 Å². The van der Waals surface area contributed by atoms with Gasteiger partial charge in [-0.15, -0.1) is 0 Å². The highest BCUT2D eigenvalue weighted by Gasteiger charge is 2.37. The molecule has 0 atom stereocenters. The molecule has 8 nitrogen and oxygen atoms in total. The van der Waals surface area contributed by atoms with Crippen molar-refractivity contribution < 1.29 is 28.6 Å². The Morgan fingerprint density at radius 3 is 2.26 bits per heavy atom. The zero-order valence-corrected chi connectivity index (χ0v) is 24.4. The Morgan fingerprint density at radius 2 is 1.53 bits per heavy atom. The van der Waals surface area contributed by atoms with Crippen LogP contribution in [0.25, 0.3) is 6.08 Å². The Balaban J connectivity index is 1.25. The summed E-state index contributed by atoms with van der Waals surface area (Å²) in [6, 6.07) is 26.5. The van der Waals surface area contributed by atoms with E-state index in [9.17, 15) is 14.4 Å². The van der Waals surface area contributed by atoms with Gasteiger partial charge in [-0.2, -0.15) is 0 Å². The lowest BCUT2D eigenvalue weighted by atomic mass is 10.1.